The minimum atomic E-state index is -2.49. The van der Waals surface area contributed by atoms with Gasteiger partial charge in [0.1, 0.15) is 11.5 Å². The van der Waals surface area contributed by atoms with Gasteiger partial charge >= 0.3 is 6.72 Å². The van der Waals surface area contributed by atoms with E-state index < -0.39 is 6.72 Å². The fraction of sp³-hybridized carbons (Fsp3) is 0.800. The average molecular weight is 250 g/mol. The van der Waals surface area contributed by atoms with Crippen LogP contribution in [0.25, 0.3) is 0 Å². The molecule has 0 aromatic heterocycles. The molecule has 0 amide bonds. The van der Waals surface area contributed by atoms with Crippen LogP contribution in [-0.2, 0) is 25.4 Å². The lowest BCUT2D eigenvalue weighted by Gasteiger charge is -2.15. The second-order valence-electron chi connectivity index (χ2n) is 3.37. The van der Waals surface area contributed by atoms with Gasteiger partial charge in [0.05, 0.1) is 6.61 Å². The molecule has 0 aromatic carbocycles. The van der Waals surface area contributed by atoms with Gasteiger partial charge in [-0.05, 0) is 6.42 Å². The van der Waals surface area contributed by atoms with Crippen LogP contribution in [-0.4, -0.2) is 6.61 Å². The molecule has 5 heteroatoms. The summed E-state index contributed by atoms with van der Waals surface area (Å²) in [6, 6.07) is 0. The Morgan fingerprint density at radius 2 is 1.67 bits per heavy atom. The summed E-state index contributed by atoms with van der Waals surface area (Å²) >= 11 is 5.27. The maximum absolute atomic E-state index is 5.61. The van der Waals surface area contributed by atoms with Gasteiger partial charge < -0.3 is 9.05 Å². The van der Waals surface area contributed by atoms with Crippen LogP contribution in [0.5, 0.6) is 0 Å². The van der Waals surface area contributed by atoms with Gasteiger partial charge in [0.2, 0.25) is 0 Å². The van der Waals surface area contributed by atoms with Gasteiger partial charge in [-0.3, -0.25) is 4.52 Å². The molecule has 88 valence electrons. The zero-order valence-electron chi connectivity index (χ0n) is 9.62. The van der Waals surface area contributed by atoms with Gasteiger partial charge in [0, 0.05) is 24.6 Å². The summed E-state index contributed by atoms with van der Waals surface area (Å²) in [6.45, 7) is 4.32. The maximum atomic E-state index is 5.61. The summed E-state index contributed by atoms with van der Waals surface area (Å²) in [5, 5.41) is 0. The Morgan fingerprint density at radius 3 is 2.07 bits per heavy atom. The molecule has 15 heavy (non-hydrogen) atoms. The Hall–Kier alpha value is -0.0500. The SMILES string of the molecule is CCCCOP1(=S)OC(CC)=C(CC)O1. The highest BCUT2D eigenvalue weighted by molar-refractivity contribution is 8.07. The Labute approximate surface area is 97.0 Å². The Balaban J connectivity index is 2.52. The van der Waals surface area contributed by atoms with E-state index >= 15 is 0 Å². The standard InChI is InChI=1S/C10H19O3PS/c1-4-7-8-11-14(15)12-9(5-2)10(6-3)13-14/h4-8H2,1-3H3. The molecule has 1 aliphatic rings. The Bertz CT molecular complexity index is 268. The first-order chi connectivity index (χ1) is 7.15. The molecule has 0 saturated heterocycles. The smallest absolute Gasteiger partial charge is 0.417 e. The summed E-state index contributed by atoms with van der Waals surface area (Å²) in [4.78, 5) is 0. The van der Waals surface area contributed by atoms with Crippen molar-refractivity contribution in [2.24, 2.45) is 0 Å². The van der Waals surface area contributed by atoms with Crippen molar-refractivity contribution in [2.75, 3.05) is 6.61 Å². The van der Waals surface area contributed by atoms with E-state index in [1.54, 1.807) is 0 Å². The van der Waals surface area contributed by atoms with Crippen molar-refractivity contribution >= 4 is 18.5 Å². The molecule has 3 nitrogen and oxygen atoms in total. The van der Waals surface area contributed by atoms with E-state index in [2.05, 4.69) is 6.92 Å². The molecule has 0 aromatic rings. The normalized spacial score (nSPS) is 18.9. The van der Waals surface area contributed by atoms with Gasteiger partial charge in [0.25, 0.3) is 0 Å². The molecule has 0 radical (unpaired) electrons. The molecule has 0 atom stereocenters. The van der Waals surface area contributed by atoms with E-state index in [1.165, 1.54) is 0 Å². The van der Waals surface area contributed by atoms with Crippen LogP contribution in [0.3, 0.4) is 0 Å². The minimum absolute atomic E-state index is 0.627. The fourth-order valence-corrected chi connectivity index (χ4v) is 3.55. The van der Waals surface area contributed by atoms with Crippen LogP contribution < -0.4 is 0 Å². The van der Waals surface area contributed by atoms with Crippen molar-refractivity contribution in [2.45, 2.75) is 46.5 Å². The molecular weight excluding hydrogens is 231 g/mol. The third-order valence-electron chi connectivity index (χ3n) is 2.14. The summed E-state index contributed by atoms with van der Waals surface area (Å²) in [5.74, 6) is 1.75. The molecule has 0 fully saturated rings. The van der Waals surface area contributed by atoms with Crippen molar-refractivity contribution in [3.63, 3.8) is 0 Å². The van der Waals surface area contributed by atoms with E-state index in [0.29, 0.717) is 6.61 Å². The predicted molar refractivity (Wildman–Crippen MR) is 64.9 cm³/mol. The zero-order valence-corrected chi connectivity index (χ0v) is 11.3. The van der Waals surface area contributed by atoms with Crippen molar-refractivity contribution in [1.82, 2.24) is 0 Å². The number of hydrogen-bond donors (Lipinski definition) is 0. The van der Waals surface area contributed by atoms with Crippen molar-refractivity contribution in [3.8, 4) is 0 Å². The van der Waals surface area contributed by atoms with Gasteiger partial charge in [-0.1, -0.05) is 27.2 Å². The monoisotopic (exact) mass is 250 g/mol. The predicted octanol–water partition coefficient (Wildman–Crippen LogP) is 4.11. The Morgan fingerprint density at radius 1 is 1.13 bits per heavy atom. The van der Waals surface area contributed by atoms with Crippen LogP contribution in [0, 0.1) is 0 Å². The summed E-state index contributed by atoms with van der Waals surface area (Å²) in [7, 11) is 0. The molecule has 0 spiro atoms. The van der Waals surface area contributed by atoms with E-state index in [1.807, 2.05) is 13.8 Å². The second kappa shape index (κ2) is 5.88. The number of unbranched alkanes of at least 4 members (excludes halogenated alkanes) is 1. The van der Waals surface area contributed by atoms with Gasteiger partial charge in [0.15, 0.2) is 0 Å². The van der Waals surface area contributed by atoms with E-state index in [0.717, 1.165) is 37.2 Å². The maximum Gasteiger partial charge on any atom is 0.434 e. The topological polar surface area (TPSA) is 27.7 Å². The summed E-state index contributed by atoms with van der Waals surface area (Å²) < 4.78 is 16.8. The highest BCUT2D eigenvalue weighted by Crippen LogP contribution is 2.59. The van der Waals surface area contributed by atoms with Crippen molar-refractivity contribution in [1.29, 1.82) is 0 Å². The molecule has 0 aliphatic carbocycles. The van der Waals surface area contributed by atoms with Gasteiger partial charge in [-0.2, -0.15) is 0 Å². The van der Waals surface area contributed by atoms with E-state index in [-0.39, 0.29) is 0 Å². The van der Waals surface area contributed by atoms with Gasteiger partial charge in [-0.15, -0.1) is 0 Å². The number of hydrogen-bond acceptors (Lipinski definition) is 4. The van der Waals surface area contributed by atoms with Crippen LogP contribution >= 0.6 is 6.72 Å². The average Bonchev–Trinajstić information content (AvgIpc) is 2.56. The minimum Gasteiger partial charge on any atom is -0.417 e. The largest absolute Gasteiger partial charge is 0.434 e. The van der Waals surface area contributed by atoms with Gasteiger partial charge in [-0.25, -0.2) is 0 Å². The highest BCUT2D eigenvalue weighted by Gasteiger charge is 2.33. The van der Waals surface area contributed by atoms with Crippen LogP contribution in [0.2, 0.25) is 0 Å². The molecule has 1 heterocycles. The summed E-state index contributed by atoms with van der Waals surface area (Å²) in [5.41, 5.74) is 0. The first-order valence-electron chi connectivity index (χ1n) is 5.51. The molecule has 0 bridgehead atoms. The third kappa shape index (κ3) is 3.47. The van der Waals surface area contributed by atoms with Crippen molar-refractivity contribution in [3.05, 3.63) is 11.5 Å². The highest BCUT2D eigenvalue weighted by atomic mass is 32.5. The lowest BCUT2D eigenvalue weighted by atomic mass is 10.3. The number of allylic oxidation sites excluding steroid dienone is 2. The molecule has 0 saturated carbocycles. The van der Waals surface area contributed by atoms with Crippen LogP contribution in [0.1, 0.15) is 46.5 Å². The fourth-order valence-electron chi connectivity index (χ4n) is 1.29. The molecule has 1 rings (SSSR count). The van der Waals surface area contributed by atoms with E-state index in [9.17, 15) is 0 Å². The second-order valence-corrected chi connectivity index (χ2v) is 6.23. The van der Waals surface area contributed by atoms with E-state index in [4.69, 9.17) is 25.4 Å². The quantitative estimate of drug-likeness (QED) is 0.524. The molecular formula is C10H19O3PS. The zero-order chi connectivity index (χ0) is 11.3. The lowest BCUT2D eigenvalue weighted by molar-refractivity contribution is 0.238. The van der Waals surface area contributed by atoms with Crippen LogP contribution in [0.4, 0.5) is 0 Å². The van der Waals surface area contributed by atoms with Crippen LogP contribution in [0.15, 0.2) is 11.5 Å². The first kappa shape index (κ1) is 13.0. The number of rotatable bonds is 6. The molecule has 0 unspecified atom stereocenters. The summed E-state index contributed by atoms with van der Waals surface area (Å²) in [6.07, 6.45) is 3.72. The molecule has 1 aliphatic heterocycles. The molecule has 0 N–H and O–H groups in total. The third-order valence-corrected chi connectivity index (χ3v) is 4.29. The lowest BCUT2D eigenvalue weighted by Crippen LogP contribution is -1.93. The van der Waals surface area contributed by atoms with Crippen molar-refractivity contribution < 1.29 is 13.6 Å². The first-order valence-corrected chi connectivity index (χ1v) is 8.06. The Kier molecular flexibility index (Phi) is 5.10.